The van der Waals surface area contributed by atoms with Crippen LogP contribution in [-0.2, 0) is 23.5 Å². The van der Waals surface area contributed by atoms with Crippen molar-refractivity contribution < 1.29 is 13.2 Å². The van der Waals surface area contributed by atoms with Crippen molar-refractivity contribution in [2.75, 3.05) is 20.7 Å². The quantitative estimate of drug-likeness (QED) is 0.626. The second kappa shape index (κ2) is 7.96. The van der Waals surface area contributed by atoms with E-state index in [1.807, 2.05) is 13.8 Å². The molecule has 0 aliphatic heterocycles. The molecule has 2 aromatic heterocycles. The molecular weight excluding hydrogens is 394 g/mol. The van der Waals surface area contributed by atoms with Crippen molar-refractivity contribution in [2.45, 2.75) is 31.6 Å². The van der Waals surface area contributed by atoms with Crippen LogP contribution in [0.25, 0.3) is 22.4 Å². The van der Waals surface area contributed by atoms with Crippen LogP contribution in [-0.4, -0.2) is 53.2 Å². The van der Waals surface area contributed by atoms with Gasteiger partial charge in [0.05, 0.1) is 22.8 Å². The summed E-state index contributed by atoms with van der Waals surface area (Å²) >= 11 is 0. The van der Waals surface area contributed by atoms with E-state index in [2.05, 4.69) is 15.1 Å². The molecule has 0 unspecified atom stereocenters. The summed E-state index contributed by atoms with van der Waals surface area (Å²) in [5.41, 5.74) is 1.68. The van der Waals surface area contributed by atoms with Crippen molar-refractivity contribution in [3.8, 4) is 17.1 Å². The molecule has 0 radical (unpaired) electrons. The zero-order valence-electron chi connectivity index (χ0n) is 17.2. The van der Waals surface area contributed by atoms with Gasteiger partial charge in [-0.2, -0.15) is 5.10 Å². The number of aromatic amines is 1. The van der Waals surface area contributed by atoms with Gasteiger partial charge in [-0.1, -0.05) is 13.3 Å². The van der Waals surface area contributed by atoms with Crippen molar-refractivity contribution in [2.24, 2.45) is 7.05 Å². The standard InChI is InChI=1S/C19H25N5O4S/c1-6-8-14-16-17(24(5)22-14)19(25)21-18(20-16)13-11-12(29(26,27)23(3)4)9-10-15(13)28-7-2/h9-11H,6-8H2,1-5H3,(H,20,21,25). The first-order valence-corrected chi connectivity index (χ1v) is 10.8. The lowest BCUT2D eigenvalue weighted by atomic mass is 10.1. The van der Waals surface area contributed by atoms with Gasteiger partial charge in [-0.05, 0) is 31.5 Å². The van der Waals surface area contributed by atoms with E-state index in [4.69, 9.17) is 4.74 Å². The van der Waals surface area contributed by atoms with Gasteiger partial charge in [0.1, 0.15) is 17.1 Å². The molecule has 156 valence electrons. The highest BCUT2D eigenvalue weighted by Gasteiger charge is 2.22. The number of aryl methyl sites for hydroxylation is 2. The molecule has 3 rings (SSSR count). The molecule has 0 bridgehead atoms. The zero-order valence-corrected chi connectivity index (χ0v) is 18.0. The molecule has 9 nitrogen and oxygen atoms in total. The number of rotatable bonds is 7. The SMILES string of the molecule is CCCc1nn(C)c2c(=O)[nH]c(-c3cc(S(=O)(=O)N(C)C)ccc3OCC)nc12. The highest BCUT2D eigenvalue weighted by Crippen LogP contribution is 2.31. The van der Waals surface area contributed by atoms with Crippen molar-refractivity contribution in [1.82, 2.24) is 24.1 Å². The Kier molecular flexibility index (Phi) is 5.76. The molecule has 1 aromatic carbocycles. The van der Waals surface area contributed by atoms with Gasteiger partial charge in [0.15, 0.2) is 5.52 Å². The van der Waals surface area contributed by atoms with Crippen LogP contribution in [0.2, 0.25) is 0 Å². The van der Waals surface area contributed by atoms with Crippen molar-refractivity contribution >= 4 is 21.1 Å². The monoisotopic (exact) mass is 419 g/mol. The Morgan fingerprint density at radius 3 is 2.59 bits per heavy atom. The van der Waals surface area contributed by atoms with Crippen molar-refractivity contribution in [3.05, 3.63) is 34.2 Å². The molecule has 0 saturated carbocycles. The number of nitrogens with one attached hydrogen (secondary N) is 1. The second-order valence-electron chi connectivity index (χ2n) is 6.81. The van der Waals surface area contributed by atoms with E-state index in [0.29, 0.717) is 35.4 Å². The van der Waals surface area contributed by atoms with E-state index in [0.717, 1.165) is 16.4 Å². The highest BCUT2D eigenvalue weighted by molar-refractivity contribution is 7.89. The van der Waals surface area contributed by atoms with Gasteiger partial charge in [0.2, 0.25) is 10.0 Å². The summed E-state index contributed by atoms with van der Waals surface area (Å²) in [6, 6.07) is 4.53. The fourth-order valence-electron chi connectivity index (χ4n) is 3.13. The van der Waals surface area contributed by atoms with Crippen LogP contribution in [0.15, 0.2) is 27.9 Å². The Balaban J connectivity index is 2.30. The molecule has 0 aliphatic carbocycles. The zero-order chi connectivity index (χ0) is 21.3. The predicted octanol–water partition coefficient (Wildman–Crippen LogP) is 1.93. The van der Waals surface area contributed by atoms with E-state index in [1.54, 1.807) is 13.1 Å². The normalized spacial score (nSPS) is 12.1. The third-order valence-electron chi connectivity index (χ3n) is 4.53. The third kappa shape index (κ3) is 3.77. The summed E-state index contributed by atoms with van der Waals surface area (Å²) in [5.74, 6) is 0.681. The van der Waals surface area contributed by atoms with Gasteiger partial charge in [-0.25, -0.2) is 17.7 Å². The Hall–Kier alpha value is -2.72. The fraction of sp³-hybridized carbons (Fsp3) is 0.421. The molecule has 29 heavy (non-hydrogen) atoms. The summed E-state index contributed by atoms with van der Waals surface area (Å²) in [5, 5.41) is 4.41. The second-order valence-corrected chi connectivity index (χ2v) is 8.96. The van der Waals surface area contributed by atoms with E-state index >= 15 is 0 Å². The summed E-state index contributed by atoms with van der Waals surface area (Å²) < 4.78 is 33.5. The summed E-state index contributed by atoms with van der Waals surface area (Å²) in [6.45, 7) is 4.23. The number of nitrogens with zero attached hydrogens (tertiary/aromatic N) is 4. The number of ether oxygens (including phenoxy) is 1. The summed E-state index contributed by atoms with van der Waals surface area (Å²) in [7, 11) is 0.965. The molecule has 3 aromatic rings. The van der Waals surface area contributed by atoms with E-state index < -0.39 is 10.0 Å². The number of H-pyrrole nitrogens is 1. The fourth-order valence-corrected chi connectivity index (χ4v) is 4.05. The first-order valence-electron chi connectivity index (χ1n) is 9.36. The van der Waals surface area contributed by atoms with Crippen LogP contribution in [0, 0.1) is 0 Å². The number of hydrogen-bond acceptors (Lipinski definition) is 6. The van der Waals surface area contributed by atoms with Crippen LogP contribution in [0.4, 0.5) is 0 Å². The topological polar surface area (TPSA) is 110 Å². The number of aromatic nitrogens is 4. The molecule has 0 atom stereocenters. The van der Waals surface area contributed by atoms with E-state index in [9.17, 15) is 13.2 Å². The van der Waals surface area contributed by atoms with Crippen LogP contribution in [0.1, 0.15) is 26.0 Å². The first-order chi connectivity index (χ1) is 13.7. The molecule has 10 heteroatoms. The smallest absolute Gasteiger partial charge is 0.277 e. The van der Waals surface area contributed by atoms with E-state index in [1.165, 1.54) is 30.9 Å². The highest BCUT2D eigenvalue weighted by atomic mass is 32.2. The number of fused-ring (bicyclic) bond motifs is 1. The number of benzene rings is 1. The molecule has 0 saturated heterocycles. The molecule has 0 amide bonds. The summed E-state index contributed by atoms with van der Waals surface area (Å²) in [4.78, 5) is 20.2. The average molecular weight is 420 g/mol. The molecule has 0 fully saturated rings. The van der Waals surface area contributed by atoms with Gasteiger partial charge in [-0.15, -0.1) is 0 Å². The molecule has 1 N–H and O–H groups in total. The Bertz CT molecular complexity index is 1210. The third-order valence-corrected chi connectivity index (χ3v) is 6.35. The molecule has 0 spiro atoms. The van der Waals surface area contributed by atoms with Gasteiger partial charge in [-0.3, -0.25) is 9.48 Å². The first kappa shape index (κ1) is 21.0. The maximum Gasteiger partial charge on any atom is 0.277 e. The van der Waals surface area contributed by atoms with Crippen LogP contribution in [0.3, 0.4) is 0 Å². The van der Waals surface area contributed by atoms with Crippen molar-refractivity contribution in [1.29, 1.82) is 0 Å². The lowest BCUT2D eigenvalue weighted by Crippen LogP contribution is -2.22. The lowest BCUT2D eigenvalue weighted by molar-refractivity contribution is 0.341. The molecule has 2 heterocycles. The Morgan fingerprint density at radius 1 is 1.24 bits per heavy atom. The minimum absolute atomic E-state index is 0.0867. The van der Waals surface area contributed by atoms with Gasteiger partial charge < -0.3 is 9.72 Å². The Morgan fingerprint density at radius 2 is 1.97 bits per heavy atom. The molecule has 0 aliphatic rings. The Labute approximate surface area is 169 Å². The van der Waals surface area contributed by atoms with Gasteiger partial charge in [0.25, 0.3) is 5.56 Å². The van der Waals surface area contributed by atoms with Crippen molar-refractivity contribution in [3.63, 3.8) is 0 Å². The largest absolute Gasteiger partial charge is 0.493 e. The minimum atomic E-state index is -3.66. The van der Waals surface area contributed by atoms with Crippen LogP contribution in [0.5, 0.6) is 5.75 Å². The summed E-state index contributed by atoms with van der Waals surface area (Å²) in [6.07, 6.45) is 1.54. The van der Waals surface area contributed by atoms with Gasteiger partial charge >= 0.3 is 0 Å². The van der Waals surface area contributed by atoms with Crippen LogP contribution >= 0.6 is 0 Å². The predicted molar refractivity (Wildman–Crippen MR) is 111 cm³/mol. The maximum absolute atomic E-state index is 12.7. The van der Waals surface area contributed by atoms with Crippen LogP contribution < -0.4 is 10.3 Å². The minimum Gasteiger partial charge on any atom is -0.493 e. The number of hydrogen-bond donors (Lipinski definition) is 1. The van der Waals surface area contributed by atoms with E-state index in [-0.39, 0.29) is 16.3 Å². The molecular formula is C19H25N5O4S. The average Bonchev–Trinajstić information content (AvgIpc) is 2.98. The van der Waals surface area contributed by atoms with Gasteiger partial charge in [0, 0.05) is 21.1 Å². The lowest BCUT2D eigenvalue weighted by Gasteiger charge is -2.15. The number of sulfonamides is 1. The maximum atomic E-state index is 12.7.